The van der Waals surface area contributed by atoms with Gasteiger partial charge in [0.15, 0.2) is 11.9 Å². The van der Waals surface area contributed by atoms with Crippen LogP contribution in [0.4, 0.5) is 11.5 Å². The Labute approximate surface area is 130 Å². The molecule has 2 rings (SSSR count). The molecule has 0 spiro atoms. The van der Waals surface area contributed by atoms with E-state index in [1.54, 1.807) is 6.92 Å². The number of nitrogens with zero attached hydrogens (tertiary/aromatic N) is 2. The molecule has 0 fully saturated rings. The number of carbonyl (C=O) groups is 2. The second-order valence-corrected chi connectivity index (χ2v) is 4.67. The third-order valence-corrected chi connectivity index (χ3v) is 2.82. The molecule has 2 aromatic rings. The molecule has 0 aliphatic rings. The lowest BCUT2D eigenvalue weighted by Gasteiger charge is -2.12. The van der Waals surface area contributed by atoms with E-state index in [0.29, 0.717) is 5.76 Å². The molecule has 0 saturated heterocycles. The molecule has 1 aromatic carbocycles. The maximum Gasteiger partial charge on any atom is 0.339 e. The summed E-state index contributed by atoms with van der Waals surface area (Å²) >= 11 is 0. The zero-order valence-electron chi connectivity index (χ0n) is 12.3. The van der Waals surface area contributed by atoms with Gasteiger partial charge < -0.3 is 14.6 Å². The number of benzene rings is 1. The minimum Gasteiger partial charge on any atom is -0.449 e. The molecule has 9 heteroatoms. The Bertz CT molecular complexity index is 754. The van der Waals surface area contributed by atoms with Crippen LogP contribution in [-0.4, -0.2) is 28.1 Å². The average molecular weight is 319 g/mol. The SMILES string of the molecule is Cc1cc(NC(=O)[C@H](C)OC(=O)c2cccc([N+](=O)[O-])c2)no1. The van der Waals surface area contributed by atoms with E-state index >= 15 is 0 Å². The van der Waals surface area contributed by atoms with Gasteiger partial charge >= 0.3 is 5.97 Å². The molecule has 0 bridgehead atoms. The number of nitro groups is 1. The highest BCUT2D eigenvalue weighted by molar-refractivity contribution is 5.97. The van der Waals surface area contributed by atoms with Gasteiger partial charge in [-0.05, 0) is 19.9 Å². The molecule has 0 aliphatic heterocycles. The Morgan fingerprint density at radius 3 is 2.74 bits per heavy atom. The lowest BCUT2D eigenvalue weighted by atomic mass is 10.2. The first-order valence-corrected chi connectivity index (χ1v) is 6.56. The van der Waals surface area contributed by atoms with Crippen LogP contribution in [0.1, 0.15) is 23.0 Å². The number of aryl methyl sites for hydroxylation is 1. The number of hydrogen-bond acceptors (Lipinski definition) is 7. The van der Waals surface area contributed by atoms with Crippen molar-refractivity contribution in [2.45, 2.75) is 20.0 Å². The molecular weight excluding hydrogens is 306 g/mol. The van der Waals surface area contributed by atoms with E-state index in [9.17, 15) is 19.7 Å². The molecule has 0 unspecified atom stereocenters. The van der Waals surface area contributed by atoms with Crippen LogP contribution in [0.5, 0.6) is 0 Å². The van der Waals surface area contributed by atoms with E-state index in [1.807, 2.05) is 0 Å². The average Bonchev–Trinajstić information content (AvgIpc) is 2.92. The molecular formula is C14H13N3O6. The van der Waals surface area contributed by atoms with Crippen molar-refractivity contribution in [3.05, 3.63) is 51.8 Å². The summed E-state index contributed by atoms with van der Waals surface area (Å²) < 4.78 is 9.77. The van der Waals surface area contributed by atoms with E-state index in [4.69, 9.17) is 9.26 Å². The van der Waals surface area contributed by atoms with Crippen LogP contribution in [0.15, 0.2) is 34.9 Å². The van der Waals surface area contributed by atoms with Gasteiger partial charge in [-0.3, -0.25) is 14.9 Å². The van der Waals surface area contributed by atoms with Gasteiger partial charge in [-0.2, -0.15) is 0 Å². The summed E-state index contributed by atoms with van der Waals surface area (Å²) in [7, 11) is 0. The number of ether oxygens (including phenoxy) is 1. The number of rotatable bonds is 5. The molecule has 1 atom stereocenters. The second kappa shape index (κ2) is 6.69. The summed E-state index contributed by atoms with van der Waals surface area (Å²) in [5, 5.41) is 16.7. The number of carbonyl (C=O) groups excluding carboxylic acids is 2. The van der Waals surface area contributed by atoms with E-state index in [2.05, 4.69) is 10.5 Å². The van der Waals surface area contributed by atoms with Crippen LogP contribution in [-0.2, 0) is 9.53 Å². The molecule has 120 valence electrons. The summed E-state index contributed by atoms with van der Waals surface area (Å²) in [6.45, 7) is 3.03. The van der Waals surface area contributed by atoms with Crippen molar-refractivity contribution in [1.82, 2.24) is 5.16 Å². The number of anilines is 1. The summed E-state index contributed by atoms with van der Waals surface area (Å²) in [5.74, 6) is -0.725. The predicted molar refractivity (Wildman–Crippen MR) is 77.8 cm³/mol. The van der Waals surface area contributed by atoms with Gasteiger partial charge in [0.1, 0.15) is 5.76 Å². The number of non-ortho nitro benzene ring substituents is 1. The number of esters is 1. The zero-order valence-corrected chi connectivity index (χ0v) is 12.3. The summed E-state index contributed by atoms with van der Waals surface area (Å²) in [6, 6.07) is 6.55. The van der Waals surface area contributed by atoms with E-state index in [-0.39, 0.29) is 17.1 Å². The maximum atomic E-state index is 11.9. The topological polar surface area (TPSA) is 125 Å². The fourth-order valence-electron chi connectivity index (χ4n) is 1.68. The van der Waals surface area contributed by atoms with Crippen molar-refractivity contribution in [2.24, 2.45) is 0 Å². The van der Waals surface area contributed by atoms with Crippen LogP contribution in [0.2, 0.25) is 0 Å². The minimum absolute atomic E-state index is 0.0175. The van der Waals surface area contributed by atoms with Gasteiger partial charge in [0.2, 0.25) is 0 Å². The molecule has 1 N–H and O–H groups in total. The second-order valence-electron chi connectivity index (χ2n) is 4.67. The molecule has 0 saturated carbocycles. The Hall–Kier alpha value is -3.23. The summed E-state index contributed by atoms with van der Waals surface area (Å²) in [6.07, 6.45) is -1.11. The molecule has 1 aromatic heterocycles. The number of hydrogen-bond donors (Lipinski definition) is 1. The third kappa shape index (κ3) is 4.13. The molecule has 0 aliphatic carbocycles. The van der Waals surface area contributed by atoms with Crippen LogP contribution in [0.25, 0.3) is 0 Å². The Morgan fingerprint density at radius 1 is 1.39 bits per heavy atom. The van der Waals surface area contributed by atoms with Crippen molar-refractivity contribution in [3.63, 3.8) is 0 Å². The normalized spacial score (nSPS) is 11.6. The van der Waals surface area contributed by atoms with Gasteiger partial charge in [-0.15, -0.1) is 0 Å². The fourth-order valence-corrected chi connectivity index (χ4v) is 1.68. The minimum atomic E-state index is -1.11. The highest BCUT2D eigenvalue weighted by Gasteiger charge is 2.21. The Kier molecular flexibility index (Phi) is 4.69. The molecule has 1 heterocycles. The first kappa shape index (κ1) is 16.1. The van der Waals surface area contributed by atoms with Gasteiger partial charge in [0.05, 0.1) is 10.5 Å². The zero-order chi connectivity index (χ0) is 17.0. The molecule has 9 nitrogen and oxygen atoms in total. The Balaban J connectivity index is 2.00. The predicted octanol–water partition coefficient (Wildman–Crippen LogP) is 2.08. The standard InChI is InChI=1S/C14H13N3O6/c1-8-6-12(16-23-8)15-13(18)9(2)22-14(19)10-4-3-5-11(7-10)17(20)21/h3-7,9H,1-2H3,(H,15,16,18)/t9-/m0/s1. The van der Waals surface area contributed by atoms with Crippen LogP contribution >= 0.6 is 0 Å². The highest BCUT2D eigenvalue weighted by atomic mass is 16.6. The number of amides is 1. The lowest BCUT2D eigenvalue weighted by Crippen LogP contribution is -2.30. The van der Waals surface area contributed by atoms with Crippen molar-refractivity contribution >= 4 is 23.4 Å². The van der Waals surface area contributed by atoms with Crippen LogP contribution < -0.4 is 5.32 Å². The number of aromatic nitrogens is 1. The van der Waals surface area contributed by atoms with Gasteiger partial charge in [-0.1, -0.05) is 11.2 Å². The van der Waals surface area contributed by atoms with Crippen molar-refractivity contribution in [3.8, 4) is 0 Å². The van der Waals surface area contributed by atoms with Crippen molar-refractivity contribution in [1.29, 1.82) is 0 Å². The monoisotopic (exact) mass is 319 g/mol. The van der Waals surface area contributed by atoms with Gasteiger partial charge in [-0.25, -0.2) is 4.79 Å². The van der Waals surface area contributed by atoms with Crippen LogP contribution in [0, 0.1) is 17.0 Å². The molecule has 0 radical (unpaired) electrons. The number of nitro benzene ring substituents is 1. The Morgan fingerprint density at radius 2 is 2.13 bits per heavy atom. The van der Waals surface area contributed by atoms with E-state index < -0.39 is 22.9 Å². The third-order valence-electron chi connectivity index (χ3n) is 2.82. The first-order valence-electron chi connectivity index (χ1n) is 6.56. The van der Waals surface area contributed by atoms with Crippen molar-refractivity contribution < 1.29 is 23.8 Å². The number of nitrogens with one attached hydrogen (secondary N) is 1. The van der Waals surface area contributed by atoms with E-state index in [0.717, 1.165) is 6.07 Å². The highest BCUT2D eigenvalue weighted by Crippen LogP contribution is 2.15. The largest absolute Gasteiger partial charge is 0.449 e. The maximum absolute atomic E-state index is 11.9. The summed E-state index contributed by atoms with van der Waals surface area (Å²) in [5.41, 5.74) is -0.259. The van der Waals surface area contributed by atoms with Gasteiger partial charge in [0.25, 0.3) is 11.6 Å². The smallest absolute Gasteiger partial charge is 0.339 e. The van der Waals surface area contributed by atoms with Crippen molar-refractivity contribution in [2.75, 3.05) is 5.32 Å². The quantitative estimate of drug-likeness (QED) is 0.508. The van der Waals surface area contributed by atoms with Gasteiger partial charge in [0, 0.05) is 18.2 Å². The summed E-state index contributed by atoms with van der Waals surface area (Å²) in [4.78, 5) is 33.9. The fraction of sp³-hybridized carbons (Fsp3) is 0.214. The van der Waals surface area contributed by atoms with Crippen LogP contribution in [0.3, 0.4) is 0 Å². The lowest BCUT2D eigenvalue weighted by molar-refractivity contribution is -0.384. The molecule has 23 heavy (non-hydrogen) atoms. The first-order chi connectivity index (χ1) is 10.9. The molecule has 1 amide bonds. The van der Waals surface area contributed by atoms with E-state index in [1.165, 1.54) is 31.2 Å².